The van der Waals surface area contributed by atoms with Crippen LogP contribution in [-0.2, 0) is 21.2 Å². The van der Waals surface area contributed by atoms with Gasteiger partial charge in [0.1, 0.15) is 0 Å². The van der Waals surface area contributed by atoms with Crippen molar-refractivity contribution in [3.63, 3.8) is 0 Å². The maximum absolute atomic E-state index is 13.6. The summed E-state index contributed by atoms with van der Waals surface area (Å²) in [6, 6.07) is 10.7. The van der Waals surface area contributed by atoms with Crippen molar-refractivity contribution in [3.05, 3.63) is 53.8 Å². The summed E-state index contributed by atoms with van der Waals surface area (Å²) >= 11 is 0. The lowest BCUT2D eigenvalue weighted by atomic mass is 10.1. The van der Waals surface area contributed by atoms with Gasteiger partial charge < -0.3 is 10.1 Å². The molecule has 0 radical (unpaired) electrons. The van der Waals surface area contributed by atoms with Gasteiger partial charge in [-0.3, -0.25) is 9.52 Å². The number of carbonyl (C=O) groups is 1. The fourth-order valence-electron chi connectivity index (χ4n) is 2.08. The van der Waals surface area contributed by atoms with Gasteiger partial charge in [0.15, 0.2) is 11.6 Å². The maximum atomic E-state index is 13.6. The third-order valence-electron chi connectivity index (χ3n) is 3.08. The number of hydrogen-bond acceptors (Lipinski definition) is 4. The van der Waals surface area contributed by atoms with Crippen molar-refractivity contribution in [2.75, 3.05) is 23.4 Å². The van der Waals surface area contributed by atoms with Crippen LogP contribution in [0.25, 0.3) is 0 Å². The van der Waals surface area contributed by atoms with Crippen LogP contribution in [0.2, 0.25) is 0 Å². The third-order valence-corrected chi connectivity index (χ3v) is 3.67. The van der Waals surface area contributed by atoms with Crippen molar-refractivity contribution in [3.8, 4) is 5.75 Å². The van der Waals surface area contributed by atoms with Gasteiger partial charge in [0, 0.05) is 0 Å². The van der Waals surface area contributed by atoms with Gasteiger partial charge in [-0.1, -0.05) is 18.2 Å². The normalized spacial score (nSPS) is 11.0. The number of methoxy groups -OCH3 is 1. The van der Waals surface area contributed by atoms with Gasteiger partial charge in [0.25, 0.3) is 0 Å². The third kappa shape index (κ3) is 4.95. The smallest absolute Gasteiger partial charge is 0.229 e. The van der Waals surface area contributed by atoms with Crippen LogP contribution in [0.4, 0.5) is 15.8 Å². The second kappa shape index (κ2) is 7.31. The monoisotopic (exact) mass is 352 g/mol. The molecule has 24 heavy (non-hydrogen) atoms. The number of para-hydroxylation sites is 2. The van der Waals surface area contributed by atoms with Gasteiger partial charge in [0.05, 0.1) is 31.2 Å². The van der Waals surface area contributed by atoms with E-state index in [0.717, 1.165) is 6.26 Å². The Kier molecular flexibility index (Phi) is 5.40. The minimum absolute atomic E-state index is 0.0614. The number of rotatable bonds is 6. The first-order chi connectivity index (χ1) is 11.3. The van der Waals surface area contributed by atoms with Crippen LogP contribution in [0.15, 0.2) is 42.5 Å². The molecule has 0 aliphatic carbocycles. The molecular weight excluding hydrogens is 335 g/mol. The number of anilines is 2. The molecule has 0 saturated heterocycles. The number of carbonyl (C=O) groups excluding carboxylic acids is 1. The fourth-order valence-corrected chi connectivity index (χ4v) is 2.66. The summed E-state index contributed by atoms with van der Waals surface area (Å²) in [4.78, 5) is 12.1. The van der Waals surface area contributed by atoms with Crippen molar-refractivity contribution in [2.45, 2.75) is 6.42 Å². The van der Waals surface area contributed by atoms with Crippen molar-refractivity contribution in [1.29, 1.82) is 0 Å². The van der Waals surface area contributed by atoms with E-state index in [2.05, 4.69) is 10.0 Å². The molecular formula is C16H17FN2O4S. The van der Waals surface area contributed by atoms with Gasteiger partial charge in [-0.05, 0) is 29.8 Å². The molecule has 0 fully saturated rings. The molecule has 8 heteroatoms. The van der Waals surface area contributed by atoms with E-state index in [-0.39, 0.29) is 17.9 Å². The molecule has 0 bridgehead atoms. The average Bonchev–Trinajstić information content (AvgIpc) is 2.48. The Hall–Kier alpha value is -2.61. The molecule has 0 spiro atoms. The largest absolute Gasteiger partial charge is 0.494 e. The van der Waals surface area contributed by atoms with E-state index >= 15 is 0 Å². The molecule has 0 heterocycles. The second-order valence-corrected chi connectivity index (χ2v) is 6.86. The average molecular weight is 352 g/mol. The molecule has 128 valence electrons. The van der Waals surface area contributed by atoms with Crippen molar-refractivity contribution in [1.82, 2.24) is 0 Å². The number of nitrogens with one attached hydrogen (secondary N) is 2. The maximum Gasteiger partial charge on any atom is 0.229 e. The van der Waals surface area contributed by atoms with Crippen LogP contribution in [0, 0.1) is 5.82 Å². The molecule has 2 aromatic rings. The minimum Gasteiger partial charge on any atom is -0.494 e. The number of ether oxygens (including phenoxy) is 1. The first kappa shape index (κ1) is 17.7. The zero-order valence-electron chi connectivity index (χ0n) is 13.2. The lowest BCUT2D eigenvalue weighted by Gasteiger charge is -2.12. The molecule has 0 aliphatic rings. The fraction of sp³-hybridized carbons (Fsp3) is 0.188. The Labute approximate surface area is 139 Å². The standard InChI is InChI=1S/C16H17FN2O4S/c1-23-15-8-7-11(9-12(15)17)10-16(20)18-13-5-3-4-6-14(13)19-24(2,21)22/h3-9,19H,10H2,1-2H3,(H,18,20). The van der Waals surface area contributed by atoms with Crippen LogP contribution in [0.1, 0.15) is 5.56 Å². The van der Waals surface area contributed by atoms with E-state index in [1.165, 1.54) is 25.3 Å². The summed E-state index contributed by atoms with van der Waals surface area (Å²) in [5.41, 5.74) is 1.05. The molecule has 6 nitrogen and oxygen atoms in total. The van der Waals surface area contributed by atoms with E-state index in [0.29, 0.717) is 11.3 Å². The highest BCUT2D eigenvalue weighted by molar-refractivity contribution is 7.92. The Morgan fingerprint density at radius 3 is 2.42 bits per heavy atom. The Balaban J connectivity index is 2.12. The first-order valence-electron chi connectivity index (χ1n) is 6.97. The van der Waals surface area contributed by atoms with E-state index in [9.17, 15) is 17.6 Å². The summed E-state index contributed by atoms with van der Waals surface area (Å²) in [7, 11) is -2.11. The van der Waals surface area contributed by atoms with Gasteiger partial charge in [-0.25, -0.2) is 12.8 Å². The van der Waals surface area contributed by atoms with Crippen LogP contribution >= 0.6 is 0 Å². The number of benzene rings is 2. The first-order valence-corrected chi connectivity index (χ1v) is 8.87. The van der Waals surface area contributed by atoms with E-state index in [1.807, 2.05) is 0 Å². The topological polar surface area (TPSA) is 84.5 Å². The number of sulfonamides is 1. The predicted octanol–water partition coefficient (Wildman–Crippen LogP) is 2.39. The number of hydrogen-bond donors (Lipinski definition) is 2. The quantitative estimate of drug-likeness (QED) is 0.836. The van der Waals surface area contributed by atoms with Crippen LogP contribution < -0.4 is 14.8 Å². The van der Waals surface area contributed by atoms with Crippen LogP contribution in [0.3, 0.4) is 0 Å². The predicted molar refractivity (Wildman–Crippen MR) is 90.2 cm³/mol. The Bertz CT molecular complexity index is 853. The van der Waals surface area contributed by atoms with Crippen molar-refractivity contribution < 1.29 is 22.3 Å². The van der Waals surface area contributed by atoms with Crippen molar-refractivity contribution >= 4 is 27.3 Å². The zero-order valence-corrected chi connectivity index (χ0v) is 14.0. The molecule has 0 aliphatic heterocycles. The Morgan fingerprint density at radius 1 is 1.17 bits per heavy atom. The molecule has 0 saturated carbocycles. The van der Waals surface area contributed by atoms with Gasteiger partial charge >= 0.3 is 0 Å². The molecule has 2 aromatic carbocycles. The van der Waals surface area contributed by atoms with Crippen molar-refractivity contribution in [2.24, 2.45) is 0 Å². The molecule has 2 rings (SSSR count). The number of halogens is 1. The Morgan fingerprint density at radius 2 is 1.83 bits per heavy atom. The van der Waals surface area contributed by atoms with E-state index in [4.69, 9.17) is 4.74 Å². The molecule has 0 unspecified atom stereocenters. The summed E-state index contributed by atoms with van der Waals surface area (Å²) in [6.07, 6.45) is 0.958. The molecule has 0 aromatic heterocycles. The molecule has 2 N–H and O–H groups in total. The zero-order chi connectivity index (χ0) is 17.7. The highest BCUT2D eigenvalue weighted by atomic mass is 32.2. The summed E-state index contributed by atoms with van der Waals surface area (Å²) in [5, 5.41) is 2.61. The SMILES string of the molecule is COc1ccc(CC(=O)Nc2ccccc2NS(C)(=O)=O)cc1F. The lowest BCUT2D eigenvalue weighted by Crippen LogP contribution is -2.17. The summed E-state index contributed by atoms with van der Waals surface area (Å²) in [5.74, 6) is -0.855. The van der Waals surface area contributed by atoms with Gasteiger partial charge in [-0.2, -0.15) is 0 Å². The highest BCUT2D eigenvalue weighted by Crippen LogP contribution is 2.23. The van der Waals surface area contributed by atoms with E-state index < -0.39 is 21.7 Å². The number of amides is 1. The second-order valence-electron chi connectivity index (χ2n) is 5.11. The highest BCUT2D eigenvalue weighted by Gasteiger charge is 2.11. The van der Waals surface area contributed by atoms with Gasteiger partial charge in [0.2, 0.25) is 15.9 Å². The van der Waals surface area contributed by atoms with E-state index in [1.54, 1.807) is 24.3 Å². The van der Waals surface area contributed by atoms with Gasteiger partial charge in [-0.15, -0.1) is 0 Å². The molecule has 0 atom stereocenters. The van der Waals surface area contributed by atoms with Crippen LogP contribution in [0.5, 0.6) is 5.75 Å². The molecule has 1 amide bonds. The lowest BCUT2D eigenvalue weighted by molar-refractivity contribution is -0.115. The summed E-state index contributed by atoms with van der Waals surface area (Å²) in [6.45, 7) is 0. The minimum atomic E-state index is -3.47. The van der Waals surface area contributed by atoms with Crippen LogP contribution in [-0.4, -0.2) is 27.7 Å². The summed E-state index contributed by atoms with van der Waals surface area (Å²) < 4.78 is 43.5.